The number of Topliss-reactive ketones (excluding diaryl/α,β-unsaturated/α-hetero) is 1. The highest BCUT2D eigenvalue weighted by Crippen LogP contribution is 2.30. The largest absolute Gasteiger partial charge is 0.478 e. The van der Waals surface area contributed by atoms with Gasteiger partial charge in [-0.15, -0.1) is 0 Å². The van der Waals surface area contributed by atoms with Crippen molar-refractivity contribution in [1.29, 1.82) is 0 Å². The smallest absolute Gasteiger partial charge is 0.335 e. The van der Waals surface area contributed by atoms with E-state index >= 15 is 0 Å². The minimum absolute atomic E-state index is 0.0505. The number of hydrogen-bond donors (Lipinski definition) is 1. The van der Waals surface area contributed by atoms with E-state index in [9.17, 15) is 14.7 Å². The first-order valence-corrected chi connectivity index (χ1v) is 15.1. The standard InChI is InChI=1S/C34H38N4O5/c1-22(31-14-17-42-31)19-38-30-18-27(34(40)41)10-11-29(30)35-32(38)20-37-15-12-26(13-16-37)28-4-3-5-33(36-28)43-21-24-6-8-25(9-7-24)23(2)39/h3-11,18,22,26,31H,12-17,19-21H2,1-2H3,(H,40,41)/t22?,31-/m0/s1. The molecule has 2 saturated heterocycles. The molecule has 4 heterocycles. The Hall–Kier alpha value is -4.08. The van der Waals surface area contributed by atoms with Gasteiger partial charge in [-0.2, -0.15) is 0 Å². The number of imidazole rings is 1. The molecule has 2 aromatic heterocycles. The first-order valence-electron chi connectivity index (χ1n) is 15.1. The molecule has 0 aliphatic carbocycles. The molecule has 0 bridgehead atoms. The Labute approximate surface area is 251 Å². The van der Waals surface area contributed by atoms with Crippen LogP contribution >= 0.6 is 0 Å². The van der Waals surface area contributed by atoms with Crippen molar-refractivity contribution in [2.45, 2.75) is 64.8 Å². The molecule has 2 aliphatic heterocycles. The van der Waals surface area contributed by atoms with Gasteiger partial charge in [0.25, 0.3) is 0 Å². The average molecular weight is 583 g/mol. The number of carbonyl (C=O) groups is 2. The van der Waals surface area contributed by atoms with Crippen LogP contribution in [-0.4, -0.2) is 62.1 Å². The number of rotatable bonds is 11. The SMILES string of the molecule is CC(=O)c1ccc(COc2cccc(C3CCN(Cc4nc5ccc(C(=O)O)cc5n4CC(C)[C@@H]4CCO4)CC3)n2)cc1. The van der Waals surface area contributed by atoms with Crippen LogP contribution in [0.1, 0.15) is 76.8 Å². The van der Waals surface area contributed by atoms with Crippen LogP contribution in [0.2, 0.25) is 0 Å². The minimum Gasteiger partial charge on any atom is -0.478 e. The van der Waals surface area contributed by atoms with Crippen molar-refractivity contribution in [3.05, 3.63) is 88.9 Å². The van der Waals surface area contributed by atoms with Crippen LogP contribution < -0.4 is 4.74 Å². The van der Waals surface area contributed by atoms with E-state index in [1.165, 1.54) is 0 Å². The molecule has 2 atom stereocenters. The van der Waals surface area contributed by atoms with E-state index in [2.05, 4.69) is 22.5 Å². The Morgan fingerprint density at radius 1 is 1.02 bits per heavy atom. The van der Waals surface area contributed by atoms with E-state index in [4.69, 9.17) is 19.4 Å². The number of pyridine rings is 1. The molecule has 9 nitrogen and oxygen atoms in total. The van der Waals surface area contributed by atoms with Crippen LogP contribution in [0.5, 0.6) is 5.88 Å². The summed E-state index contributed by atoms with van der Waals surface area (Å²) in [7, 11) is 0. The van der Waals surface area contributed by atoms with Crippen molar-refractivity contribution in [3.63, 3.8) is 0 Å². The summed E-state index contributed by atoms with van der Waals surface area (Å²) >= 11 is 0. The van der Waals surface area contributed by atoms with E-state index in [0.717, 1.165) is 73.6 Å². The molecule has 43 heavy (non-hydrogen) atoms. The molecule has 0 spiro atoms. The van der Waals surface area contributed by atoms with E-state index in [1.807, 2.05) is 42.5 Å². The molecule has 0 radical (unpaired) electrons. The number of benzene rings is 2. The van der Waals surface area contributed by atoms with E-state index in [0.29, 0.717) is 36.4 Å². The van der Waals surface area contributed by atoms with Gasteiger partial charge in [-0.3, -0.25) is 9.69 Å². The molecule has 0 amide bonds. The van der Waals surface area contributed by atoms with Gasteiger partial charge in [-0.1, -0.05) is 37.3 Å². The lowest BCUT2D eigenvalue weighted by Gasteiger charge is -2.33. The number of carboxylic acid groups (broad SMARTS) is 1. The summed E-state index contributed by atoms with van der Waals surface area (Å²) in [5.74, 6) is 1.35. The van der Waals surface area contributed by atoms with Gasteiger partial charge in [-0.25, -0.2) is 14.8 Å². The average Bonchev–Trinajstić information content (AvgIpc) is 3.31. The highest BCUT2D eigenvalue weighted by atomic mass is 16.5. The summed E-state index contributed by atoms with van der Waals surface area (Å²) in [5.41, 5.74) is 4.70. The lowest BCUT2D eigenvalue weighted by atomic mass is 9.93. The highest BCUT2D eigenvalue weighted by Gasteiger charge is 2.28. The van der Waals surface area contributed by atoms with E-state index in [-0.39, 0.29) is 17.5 Å². The zero-order chi connectivity index (χ0) is 29.9. The van der Waals surface area contributed by atoms with Crippen LogP contribution in [0.25, 0.3) is 11.0 Å². The summed E-state index contributed by atoms with van der Waals surface area (Å²) in [6, 6.07) is 18.6. The lowest BCUT2D eigenvalue weighted by Crippen LogP contribution is -2.36. The normalized spacial score (nSPS) is 18.3. The predicted octanol–water partition coefficient (Wildman–Crippen LogP) is 5.72. The van der Waals surface area contributed by atoms with E-state index in [1.54, 1.807) is 19.1 Å². The molecule has 2 fully saturated rings. The third kappa shape index (κ3) is 6.63. The molecule has 2 aliphatic rings. The zero-order valence-electron chi connectivity index (χ0n) is 24.7. The predicted molar refractivity (Wildman–Crippen MR) is 162 cm³/mol. The van der Waals surface area contributed by atoms with Crippen LogP contribution in [0, 0.1) is 5.92 Å². The Bertz CT molecular complexity index is 1600. The fourth-order valence-corrected chi connectivity index (χ4v) is 6.06. The van der Waals surface area contributed by atoms with Crippen molar-refractivity contribution >= 4 is 22.8 Å². The third-order valence-corrected chi connectivity index (χ3v) is 8.78. The fraction of sp³-hybridized carbons (Fsp3) is 0.412. The maximum atomic E-state index is 11.7. The molecule has 9 heteroatoms. The molecule has 6 rings (SSSR count). The summed E-state index contributed by atoms with van der Waals surface area (Å²) < 4.78 is 13.9. The number of carbonyl (C=O) groups excluding carboxylic acids is 1. The van der Waals surface area contributed by atoms with Gasteiger partial charge in [-0.05, 0) is 69.1 Å². The van der Waals surface area contributed by atoms with Crippen molar-refractivity contribution in [3.8, 4) is 5.88 Å². The molecule has 4 aromatic rings. The second kappa shape index (κ2) is 12.7. The second-order valence-electron chi connectivity index (χ2n) is 11.8. The highest BCUT2D eigenvalue weighted by molar-refractivity contribution is 5.94. The van der Waals surface area contributed by atoms with Gasteiger partial charge in [0.15, 0.2) is 5.78 Å². The number of aromatic carboxylic acids is 1. The monoisotopic (exact) mass is 582 g/mol. The molecular weight excluding hydrogens is 544 g/mol. The number of nitrogens with zero attached hydrogens (tertiary/aromatic N) is 4. The van der Waals surface area contributed by atoms with Crippen LogP contribution in [0.3, 0.4) is 0 Å². The summed E-state index contributed by atoms with van der Waals surface area (Å²) in [4.78, 5) is 35.4. The summed E-state index contributed by atoms with van der Waals surface area (Å²) in [6.07, 6.45) is 3.27. The van der Waals surface area contributed by atoms with E-state index < -0.39 is 5.97 Å². The summed E-state index contributed by atoms with van der Waals surface area (Å²) in [5, 5.41) is 9.58. The van der Waals surface area contributed by atoms with Crippen molar-refractivity contribution < 1.29 is 24.2 Å². The zero-order valence-corrected chi connectivity index (χ0v) is 24.7. The van der Waals surface area contributed by atoms with Gasteiger partial charge >= 0.3 is 5.97 Å². The molecule has 224 valence electrons. The Kier molecular flexibility index (Phi) is 8.54. The van der Waals surface area contributed by atoms with Crippen molar-refractivity contribution in [1.82, 2.24) is 19.4 Å². The van der Waals surface area contributed by atoms with Gasteiger partial charge < -0.3 is 19.1 Å². The second-order valence-corrected chi connectivity index (χ2v) is 11.8. The fourth-order valence-electron chi connectivity index (χ4n) is 6.06. The number of ketones is 1. The molecule has 0 saturated carbocycles. The van der Waals surface area contributed by atoms with Gasteiger partial charge in [0.05, 0.1) is 29.2 Å². The van der Waals surface area contributed by atoms with Crippen molar-refractivity contribution in [2.75, 3.05) is 19.7 Å². The Morgan fingerprint density at radius 2 is 1.77 bits per heavy atom. The Balaban J connectivity index is 1.10. The minimum atomic E-state index is -0.931. The third-order valence-electron chi connectivity index (χ3n) is 8.78. The number of carboxylic acids is 1. The van der Waals surface area contributed by atoms with Crippen LogP contribution in [0.15, 0.2) is 60.7 Å². The first-order chi connectivity index (χ1) is 20.8. The first kappa shape index (κ1) is 29.0. The number of ether oxygens (including phenoxy) is 2. The van der Waals surface area contributed by atoms with Gasteiger partial charge in [0.1, 0.15) is 12.4 Å². The number of piperidine rings is 1. The number of fused-ring (bicyclic) bond motifs is 1. The summed E-state index contributed by atoms with van der Waals surface area (Å²) in [6.45, 7) is 8.26. The lowest BCUT2D eigenvalue weighted by molar-refractivity contribution is -0.0837. The molecular formula is C34H38N4O5. The topological polar surface area (TPSA) is 107 Å². The quantitative estimate of drug-likeness (QED) is 0.224. The van der Waals surface area contributed by atoms with Crippen molar-refractivity contribution in [2.24, 2.45) is 5.92 Å². The van der Waals surface area contributed by atoms with Crippen LogP contribution in [0.4, 0.5) is 0 Å². The maximum absolute atomic E-state index is 11.7. The van der Waals surface area contributed by atoms with Gasteiger partial charge in [0.2, 0.25) is 5.88 Å². The van der Waals surface area contributed by atoms with Crippen LogP contribution in [-0.2, 0) is 24.4 Å². The number of hydrogen-bond acceptors (Lipinski definition) is 7. The molecule has 1 N–H and O–H groups in total. The molecule has 1 unspecified atom stereocenters. The van der Waals surface area contributed by atoms with Gasteiger partial charge in [0, 0.05) is 42.3 Å². The number of aromatic nitrogens is 3. The maximum Gasteiger partial charge on any atom is 0.335 e. The molecule has 2 aromatic carbocycles. The number of likely N-dealkylation sites (tertiary alicyclic amines) is 1. The Morgan fingerprint density at radius 3 is 2.44 bits per heavy atom.